The molecular weight excluding hydrogens is 250 g/mol. The molecule has 1 saturated heterocycles. The van der Waals surface area contributed by atoms with E-state index in [9.17, 15) is 0 Å². The zero-order valence-corrected chi connectivity index (χ0v) is 13.6. The largest absolute Gasteiger partial charge is 0.445 e. The van der Waals surface area contributed by atoms with E-state index in [1.807, 2.05) is 13.1 Å². The second kappa shape index (κ2) is 6.27. The number of hydrogen-bond donors (Lipinski definition) is 1. The molecule has 0 aliphatic carbocycles. The zero-order valence-electron chi connectivity index (χ0n) is 13.6. The quantitative estimate of drug-likeness (QED) is 0.899. The first-order valence-electron chi connectivity index (χ1n) is 7.90. The van der Waals surface area contributed by atoms with E-state index in [2.05, 4.69) is 42.9 Å². The van der Waals surface area contributed by atoms with Crippen molar-refractivity contribution in [1.29, 1.82) is 0 Å². The molecule has 1 aromatic rings. The Morgan fingerprint density at radius 2 is 2.15 bits per heavy atom. The minimum atomic E-state index is 0.243. The summed E-state index contributed by atoms with van der Waals surface area (Å²) in [4.78, 5) is 6.93. The van der Waals surface area contributed by atoms with Crippen molar-refractivity contribution in [3.8, 4) is 0 Å². The van der Waals surface area contributed by atoms with Crippen LogP contribution in [0.1, 0.15) is 52.2 Å². The van der Waals surface area contributed by atoms with Crippen LogP contribution < -0.4 is 5.32 Å². The highest BCUT2D eigenvalue weighted by atomic mass is 16.4. The van der Waals surface area contributed by atoms with Crippen LogP contribution in [-0.4, -0.2) is 34.6 Å². The third-order valence-corrected chi connectivity index (χ3v) is 4.79. The first-order chi connectivity index (χ1) is 9.49. The Bertz CT molecular complexity index is 423. The number of aryl methyl sites for hydroxylation is 1. The number of aromatic nitrogens is 1. The summed E-state index contributed by atoms with van der Waals surface area (Å²) in [6, 6.07) is 0.549. The molecule has 0 radical (unpaired) electrons. The summed E-state index contributed by atoms with van der Waals surface area (Å²) in [5, 5.41) is 3.79. The highest BCUT2D eigenvalue weighted by Crippen LogP contribution is 2.26. The number of rotatable bonds is 5. The first-order valence-corrected chi connectivity index (χ1v) is 7.90. The molecule has 0 saturated carbocycles. The van der Waals surface area contributed by atoms with Gasteiger partial charge in [0, 0.05) is 24.7 Å². The fourth-order valence-electron chi connectivity index (χ4n) is 3.21. The van der Waals surface area contributed by atoms with Gasteiger partial charge in [0.1, 0.15) is 5.76 Å². The van der Waals surface area contributed by atoms with E-state index in [1.54, 1.807) is 0 Å². The summed E-state index contributed by atoms with van der Waals surface area (Å²) in [6.07, 6.45) is 4.14. The lowest BCUT2D eigenvalue weighted by Crippen LogP contribution is -2.64. The number of nitrogens with one attached hydrogen (secondary N) is 1. The second-order valence-corrected chi connectivity index (χ2v) is 6.45. The molecule has 1 fully saturated rings. The van der Waals surface area contributed by atoms with Gasteiger partial charge in [-0.3, -0.25) is 4.90 Å². The van der Waals surface area contributed by atoms with E-state index in [0.29, 0.717) is 12.0 Å². The van der Waals surface area contributed by atoms with Crippen molar-refractivity contribution in [1.82, 2.24) is 15.2 Å². The van der Waals surface area contributed by atoms with Gasteiger partial charge in [-0.05, 0) is 25.7 Å². The fourth-order valence-corrected chi connectivity index (χ4v) is 3.21. The molecular formula is C16H29N3O. The molecule has 1 aliphatic heterocycles. The van der Waals surface area contributed by atoms with Gasteiger partial charge in [0.15, 0.2) is 0 Å². The predicted molar refractivity (Wildman–Crippen MR) is 81.6 cm³/mol. The molecule has 4 nitrogen and oxygen atoms in total. The highest BCUT2D eigenvalue weighted by Gasteiger charge is 2.38. The molecule has 1 aliphatic rings. The van der Waals surface area contributed by atoms with Gasteiger partial charge < -0.3 is 9.73 Å². The topological polar surface area (TPSA) is 41.3 Å². The van der Waals surface area contributed by atoms with E-state index in [4.69, 9.17) is 4.42 Å². The van der Waals surface area contributed by atoms with Gasteiger partial charge in [0.25, 0.3) is 0 Å². The molecule has 4 heteroatoms. The van der Waals surface area contributed by atoms with Crippen LogP contribution in [0.15, 0.2) is 10.6 Å². The van der Waals surface area contributed by atoms with Crippen LogP contribution in [0.4, 0.5) is 0 Å². The third-order valence-electron chi connectivity index (χ3n) is 4.79. The predicted octanol–water partition coefficient (Wildman–Crippen LogP) is 2.97. The van der Waals surface area contributed by atoms with Crippen LogP contribution in [0, 0.1) is 12.8 Å². The van der Waals surface area contributed by atoms with Crippen molar-refractivity contribution >= 4 is 0 Å². The maximum atomic E-state index is 5.68. The van der Waals surface area contributed by atoms with Gasteiger partial charge in [-0.2, -0.15) is 0 Å². The number of piperazine rings is 1. The standard InChI is InChI=1S/C16H29N3O/c1-6-16(7-2)11-19(14(9-18-16)12(3)4)10-15-17-8-13(5)20-15/h8,12,14,18H,6-7,9-11H2,1-5H3. The summed E-state index contributed by atoms with van der Waals surface area (Å²) in [7, 11) is 0. The average Bonchev–Trinajstić information content (AvgIpc) is 2.83. The minimum absolute atomic E-state index is 0.243. The summed E-state index contributed by atoms with van der Waals surface area (Å²) >= 11 is 0. The van der Waals surface area contributed by atoms with E-state index < -0.39 is 0 Å². The van der Waals surface area contributed by atoms with Crippen molar-refractivity contribution in [3.63, 3.8) is 0 Å². The van der Waals surface area contributed by atoms with Crippen LogP contribution >= 0.6 is 0 Å². The Morgan fingerprint density at radius 1 is 1.45 bits per heavy atom. The van der Waals surface area contributed by atoms with E-state index >= 15 is 0 Å². The fraction of sp³-hybridized carbons (Fsp3) is 0.812. The maximum absolute atomic E-state index is 5.68. The lowest BCUT2D eigenvalue weighted by atomic mass is 9.86. The van der Waals surface area contributed by atoms with Gasteiger partial charge in [-0.1, -0.05) is 27.7 Å². The number of nitrogens with zero attached hydrogens (tertiary/aromatic N) is 2. The smallest absolute Gasteiger partial charge is 0.208 e. The Hall–Kier alpha value is -0.870. The Morgan fingerprint density at radius 3 is 2.65 bits per heavy atom. The van der Waals surface area contributed by atoms with Gasteiger partial charge in [-0.15, -0.1) is 0 Å². The number of hydrogen-bond acceptors (Lipinski definition) is 4. The van der Waals surface area contributed by atoms with Crippen molar-refractivity contribution in [3.05, 3.63) is 17.8 Å². The first kappa shape index (κ1) is 15.5. The van der Waals surface area contributed by atoms with Crippen molar-refractivity contribution in [2.75, 3.05) is 13.1 Å². The Kier molecular flexibility index (Phi) is 4.86. The minimum Gasteiger partial charge on any atom is -0.445 e. The lowest BCUT2D eigenvalue weighted by molar-refractivity contribution is 0.0380. The maximum Gasteiger partial charge on any atom is 0.208 e. The average molecular weight is 279 g/mol. The molecule has 0 bridgehead atoms. The molecule has 114 valence electrons. The van der Waals surface area contributed by atoms with Crippen LogP contribution in [-0.2, 0) is 6.54 Å². The third kappa shape index (κ3) is 3.23. The van der Waals surface area contributed by atoms with Gasteiger partial charge in [0.2, 0.25) is 5.89 Å². The van der Waals surface area contributed by atoms with Gasteiger partial charge in [-0.25, -0.2) is 4.98 Å². The molecule has 1 N–H and O–H groups in total. The zero-order chi connectivity index (χ0) is 14.8. The van der Waals surface area contributed by atoms with Crippen molar-refractivity contribution in [2.24, 2.45) is 5.92 Å². The molecule has 2 rings (SSSR count). The van der Waals surface area contributed by atoms with Crippen molar-refractivity contribution in [2.45, 2.75) is 65.6 Å². The highest BCUT2D eigenvalue weighted by molar-refractivity contribution is 4.99. The molecule has 20 heavy (non-hydrogen) atoms. The van der Waals surface area contributed by atoms with Gasteiger partial charge >= 0.3 is 0 Å². The molecule has 0 aromatic carbocycles. The van der Waals surface area contributed by atoms with Crippen LogP contribution in [0.25, 0.3) is 0 Å². The van der Waals surface area contributed by atoms with E-state index in [0.717, 1.165) is 44.1 Å². The normalized spacial score (nSPS) is 23.4. The summed E-state index contributed by atoms with van der Waals surface area (Å²) in [6.45, 7) is 14.1. The molecule has 0 spiro atoms. The Labute approximate surface area is 122 Å². The molecule has 0 amide bonds. The van der Waals surface area contributed by atoms with E-state index in [1.165, 1.54) is 0 Å². The second-order valence-electron chi connectivity index (χ2n) is 6.45. The summed E-state index contributed by atoms with van der Waals surface area (Å²) < 4.78 is 5.68. The van der Waals surface area contributed by atoms with Crippen LogP contribution in [0.3, 0.4) is 0 Å². The SMILES string of the molecule is CCC1(CC)CN(Cc2ncc(C)o2)C(C(C)C)CN1. The summed E-state index contributed by atoms with van der Waals surface area (Å²) in [5.41, 5.74) is 0.243. The molecule has 2 heterocycles. The number of oxazole rings is 1. The molecule has 1 aromatic heterocycles. The monoisotopic (exact) mass is 279 g/mol. The summed E-state index contributed by atoms with van der Waals surface area (Å²) in [5.74, 6) is 2.37. The van der Waals surface area contributed by atoms with Crippen molar-refractivity contribution < 1.29 is 4.42 Å². The van der Waals surface area contributed by atoms with Crippen LogP contribution in [0.5, 0.6) is 0 Å². The van der Waals surface area contributed by atoms with E-state index in [-0.39, 0.29) is 5.54 Å². The molecule has 1 atom stereocenters. The Balaban J connectivity index is 2.14. The van der Waals surface area contributed by atoms with Gasteiger partial charge in [0.05, 0.1) is 12.7 Å². The lowest BCUT2D eigenvalue weighted by Gasteiger charge is -2.48. The molecule has 1 unspecified atom stereocenters. The van der Waals surface area contributed by atoms with Crippen LogP contribution in [0.2, 0.25) is 0 Å².